The van der Waals surface area contributed by atoms with Crippen LogP contribution in [0.4, 0.5) is 5.82 Å². The third kappa shape index (κ3) is 2.87. The van der Waals surface area contributed by atoms with Crippen molar-refractivity contribution in [3.05, 3.63) is 16.3 Å². The molecule has 2 heterocycles. The number of aryl methyl sites for hydroxylation is 2. The van der Waals surface area contributed by atoms with Crippen LogP contribution >= 0.6 is 11.3 Å². The van der Waals surface area contributed by atoms with E-state index in [4.69, 9.17) is 4.98 Å². The minimum absolute atomic E-state index is 0.800. The quantitative estimate of drug-likeness (QED) is 0.912. The van der Waals surface area contributed by atoms with E-state index in [1.165, 1.54) is 15.8 Å². The standard InChI is InChI=1S/C14H22N4S/c1-6-7-18(5)8-11-16-13(15-4)12-9(2)10(3)19-14(12)17-11/h6-8H2,1-5H3,(H,15,16,17). The van der Waals surface area contributed by atoms with Crippen LogP contribution < -0.4 is 5.32 Å². The molecule has 0 radical (unpaired) electrons. The van der Waals surface area contributed by atoms with Crippen molar-refractivity contribution in [1.82, 2.24) is 14.9 Å². The molecule has 0 aromatic carbocycles. The van der Waals surface area contributed by atoms with E-state index < -0.39 is 0 Å². The Hall–Kier alpha value is -1.20. The first-order chi connectivity index (χ1) is 9.06. The van der Waals surface area contributed by atoms with E-state index in [1.54, 1.807) is 11.3 Å². The zero-order valence-corrected chi connectivity index (χ0v) is 13.2. The van der Waals surface area contributed by atoms with Gasteiger partial charge in [0.05, 0.1) is 11.9 Å². The molecule has 2 aromatic heterocycles. The van der Waals surface area contributed by atoms with E-state index in [9.17, 15) is 0 Å². The second-order valence-corrected chi connectivity index (χ2v) is 6.14. The van der Waals surface area contributed by atoms with Crippen LogP contribution in [0.5, 0.6) is 0 Å². The first kappa shape index (κ1) is 14.2. The summed E-state index contributed by atoms with van der Waals surface area (Å²) in [6.45, 7) is 8.34. The Morgan fingerprint density at radius 1 is 1.26 bits per heavy atom. The molecule has 0 amide bonds. The highest BCUT2D eigenvalue weighted by Gasteiger charge is 2.14. The monoisotopic (exact) mass is 278 g/mol. The van der Waals surface area contributed by atoms with E-state index in [0.29, 0.717) is 0 Å². The summed E-state index contributed by atoms with van der Waals surface area (Å²) in [6.07, 6.45) is 1.15. The van der Waals surface area contributed by atoms with Crippen LogP contribution in [0, 0.1) is 13.8 Å². The molecule has 0 aliphatic rings. The summed E-state index contributed by atoms with van der Waals surface area (Å²) >= 11 is 1.75. The van der Waals surface area contributed by atoms with Crippen LogP contribution in [0.2, 0.25) is 0 Å². The molecule has 0 fully saturated rings. The highest BCUT2D eigenvalue weighted by molar-refractivity contribution is 7.18. The molecular formula is C14H22N4S. The Labute approximate surface area is 118 Å². The van der Waals surface area contributed by atoms with Crippen molar-refractivity contribution in [3.8, 4) is 0 Å². The first-order valence-electron chi connectivity index (χ1n) is 6.69. The molecule has 1 N–H and O–H groups in total. The molecule has 0 atom stereocenters. The molecule has 0 aliphatic heterocycles. The Balaban J connectivity index is 2.42. The van der Waals surface area contributed by atoms with Crippen LogP contribution in [-0.2, 0) is 6.54 Å². The SMILES string of the molecule is CCCN(C)Cc1nc(NC)c2c(C)c(C)sc2n1. The maximum atomic E-state index is 4.71. The number of thiophene rings is 1. The molecule has 2 aromatic rings. The van der Waals surface area contributed by atoms with Gasteiger partial charge in [-0.2, -0.15) is 0 Å². The molecule has 0 unspecified atom stereocenters. The van der Waals surface area contributed by atoms with Gasteiger partial charge in [0.1, 0.15) is 16.5 Å². The van der Waals surface area contributed by atoms with Gasteiger partial charge in [-0.25, -0.2) is 9.97 Å². The summed E-state index contributed by atoms with van der Waals surface area (Å²) in [5, 5.41) is 4.38. The second-order valence-electron chi connectivity index (χ2n) is 4.94. The number of nitrogens with zero attached hydrogens (tertiary/aromatic N) is 3. The number of aromatic nitrogens is 2. The van der Waals surface area contributed by atoms with E-state index >= 15 is 0 Å². The van der Waals surface area contributed by atoms with Crippen LogP contribution in [0.25, 0.3) is 10.2 Å². The van der Waals surface area contributed by atoms with Crippen LogP contribution in [0.3, 0.4) is 0 Å². The van der Waals surface area contributed by atoms with Crippen LogP contribution in [-0.4, -0.2) is 35.5 Å². The van der Waals surface area contributed by atoms with Crippen molar-refractivity contribution in [2.24, 2.45) is 0 Å². The molecular weight excluding hydrogens is 256 g/mol. The minimum Gasteiger partial charge on any atom is -0.372 e. The predicted molar refractivity (Wildman–Crippen MR) is 83.1 cm³/mol. The van der Waals surface area contributed by atoms with E-state index in [-0.39, 0.29) is 0 Å². The summed E-state index contributed by atoms with van der Waals surface area (Å²) in [4.78, 5) is 14.0. The van der Waals surface area contributed by atoms with Gasteiger partial charge in [-0.3, -0.25) is 4.90 Å². The zero-order chi connectivity index (χ0) is 14.0. The zero-order valence-electron chi connectivity index (χ0n) is 12.4. The summed E-state index contributed by atoms with van der Waals surface area (Å²) in [5.41, 5.74) is 1.29. The van der Waals surface area contributed by atoms with Gasteiger partial charge in [0, 0.05) is 11.9 Å². The first-order valence-corrected chi connectivity index (χ1v) is 7.51. The highest BCUT2D eigenvalue weighted by atomic mass is 32.1. The van der Waals surface area contributed by atoms with Gasteiger partial charge in [-0.1, -0.05) is 6.92 Å². The predicted octanol–water partition coefficient (Wildman–Crippen LogP) is 3.19. The second kappa shape index (κ2) is 5.84. The van der Waals surface area contributed by atoms with Gasteiger partial charge in [0.25, 0.3) is 0 Å². The summed E-state index contributed by atoms with van der Waals surface area (Å²) in [5.74, 6) is 1.85. The molecule has 0 bridgehead atoms. The largest absolute Gasteiger partial charge is 0.372 e. The number of rotatable bonds is 5. The molecule has 0 spiro atoms. The molecule has 2 rings (SSSR count). The van der Waals surface area contributed by atoms with Gasteiger partial charge < -0.3 is 5.32 Å². The maximum absolute atomic E-state index is 4.71. The van der Waals surface area contributed by atoms with Crippen molar-refractivity contribution in [3.63, 3.8) is 0 Å². The smallest absolute Gasteiger partial charge is 0.146 e. The van der Waals surface area contributed by atoms with Crippen molar-refractivity contribution < 1.29 is 0 Å². The lowest BCUT2D eigenvalue weighted by Crippen LogP contribution is -2.20. The molecule has 0 aliphatic carbocycles. The van der Waals surface area contributed by atoms with Crippen molar-refractivity contribution in [2.75, 3.05) is 26.0 Å². The topological polar surface area (TPSA) is 41.1 Å². The fourth-order valence-corrected chi connectivity index (χ4v) is 3.30. The Kier molecular flexibility index (Phi) is 4.37. The molecule has 104 valence electrons. The molecule has 0 saturated heterocycles. The fourth-order valence-electron chi connectivity index (χ4n) is 2.25. The maximum Gasteiger partial charge on any atom is 0.146 e. The van der Waals surface area contributed by atoms with E-state index in [0.717, 1.165) is 36.0 Å². The minimum atomic E-state index is 0.800. The normalized spacial score (nSPS) is 11.5. The van der Waals surface area contributed by atoms with Crippen molar-refractivity contribution in [1.29, 1.82) is 0 Å². The average Bonchev–Trinajstić information content (AvgIpc) is 2.64. The number of fused-ring (bicyclic) bond motifs is 1. The van der Waals surface area contributed by atoms with Gasteiger partial charge in [0.2, 0.25) is 0 Å². The number of nitrogens with one attached hydrogen (secondary N) is 1. The van der Waals surface area contributed by atoms with Crippen molar-refractivity contribution >= 4 is 27.4 Å². The van der Waals surface area contributed by atoms with Gasteiger partial charge >= 0.3 is 0 Å². The lowest BCUT2D eigenvalue weighted by molar-refractivity contribution is 0.319. The van der Waals surface area contributed by atoms with Crippen LogP contribution in [0.1, 0.15) is 29.6 Å². The van der Waals surface area contributed by atoms with Crippen LogP contribution in [0.15, 0.2) is 0 Å². The highest BCUT2D eigenvalue weighted by Crippen LogP contribution is 2.33. The lowest BCUT2D eigenvalue weighted by atomic mass is 10.2. The van der Waals surface area contributed by atoms with Gasteiger partial charge in [0.15, 0.2) is 0 Å². The third-order valence-corrected chi connectivity index (χ3v) is 4.43. The summed E-state index contributed by atoms with van der Waals surface area (Å²) in [6, 6.07) is 0. The Bertz CT molecular complexity index is 576. The molecule has 0 saturated carbocycles. The third-order valence-electron chi connectivity index (χ3n) is 3.33. The Morgan fingerprint density at radius 2 is 2.00 bits per heavy atom. The van der Waals surface area contributed by atoms with E-state index in [2.05, 4.69) is 43.0 Å². The van der Waals surface area contributed by atoms with Crippen molar-refractivity contribution in [2.45, 2.75) is 33.7 Å². The summed E-state index contributed by atoms with van der Waals surface area (Å²) < 4.78 is 0. The molecule has 4 nitrogen and oxygen atoms in total. The summed E-state index contributed by atoms with van der Waals surface area (Å²) in [7, 11) is 4.04. The average molecular weight is 278 g/mol. The number of hydrogen-bond donors (Lipinski definition) is 1. The Morgan fingerprint density at radius 3 is 2.63 bits per heavy atom. The van der Waals surface area contributed by atoms with Gasteiger partial charge in [-0.05, 0) is 39.4 Å². The molecule has 5 heteroatoms. The van der Waals surface area contributed by atoms with Gasteiger partial charge in [-0.15, -0.1) is 11.3 Å². The number of hydrogen-bond acceptors (Lipinski definition) is 5. The van der Waals surface area contributed by atoms with E-state index in [1.807, 2.05) is 7.05 Å². The fraction of sp³-hybridized carbons (Fsp3) is 0.571. The number of anilines is 1. The lowest BCUT2D eigenvalue weighted by Gasteiger charge is -2.15. The molecule has 19 heavy (non-hydrogen) atoms.